The third kappa shape index (κ3) is 5.17. The normalized spacial score (nSPS) is 17.2. The Kier molecular flexibility index (Phi) is 6.26. The fraction of sp³-hybridized carbons (Fsp3) is 0.500. The van der Waals surface area contributed by atoms with Gasteiger partial charge in [0.2, 0.25) is 11.0 Å². The van der Waals surface area contributed by atoms with Crippen molar-refractivity contribution in [1.82, 2.24) is 5.32 Å². The first-order chi connectivity index (χ1) is 10.2. The molecule has 1 unspecified atom stereocenters. The van der Waals surface area contributed by atoms with E-state index in [9.17, 15) is 9.59 Å². The quantitative estimate of drug-likeness (QED) is 0.627. The van der Waals surface area contributed by atoms with E-state index in [1.165, 1.54) is 6.42 Å². The van der Waals surface area contributed by atoms with E-state index in [4.69, 9.17) is 4.74 Å². The van der Waals surface area contributed by atoms with Crippen LogP contribution in [-0.2, 0) is 14.3 Å². The molecule has 0 bridgehead atoms. The molecule has 114 valence electrons. The third-order valence-electron chi connectivity index (χ3n) is 3.73. The topological polar surface area (TPSA) is 55.4 Å². The van der Waals surface area contributed by atoms with Crippen molar-refractivity contribution < 1.29 is 14.3 Å². The number of amides is 1. The van der Waals surface area contributed by atoms with Crippen LogP contribution in [0.15, 0.2) is 30.3 Å². The molecule has 0 aliphatic heterocycles. The number of rotatable bonds is 6. The Morgan fingerprint density at radius 2 is 1.86 bits per heavy atom. The smallest absolute Gasteiger partial charge is 0.225 e. The predicted molar refractivity (Wildman–Crippen MR) is 83.8 cm³/mol. The Bertz CT molecular complexity index is 472. The summed E-state index contributed by atoms with van der Waals surface area (Å²) in [6.45, 7) is -0.131. The van der Waals surface area contributed by atoms with E-state index in [1.54, 1.807) is 0 Å². The molecule has 0 heterocycles. The standard InChI is InChI=1S/C16H21NO3S/c18-14(21)11-20-16(13-9-5-2-6-10-13)17-15(19)12-7-3-1-4-8-12/h2,5-6,9-10,12,16H,1,3-4,7-8,11H2,(H,17,19)(H,18,21). The van der Waals surface area contributed by atoms with Gasteiger partial charge in [0.05, 0.1) is 0 Å². The SMILES string of the molecule is O=C(S)COC(NC(=O)C1CCCCC1)c1ccccc1. The Morgan fingerprint density at radius 1 is 1.19 bits per heavy atom. The van der Waals surface area contributed by atoms with Gasteiger partial charge in [-0.15, -0.1) is 12.6 Å². The zero-order chi connectivity index (χ0) is 15.1. The first-order valence-corrected chi connectivity index (χ1v) is 7.80. The average Bonchev–Trinajstić information content (AvgIpc) is 2.52. The molecule has 0 saturated heterocycles. The number of benzene rings is 1. The van der Waals surface area contributed by atoms with Crippen molar-refractivity contribution in [3.05, 3.63) is 35.9 Å². The van der Waals surface area contributed by atoms with E-state index in [1.807, 2.05) is 30.3 Å². The minimum absolute atomic E-state index is 0.00941. The van der Waals surface area contributed by atoms with Crippen LogP contribution in [0, 0.1) is 5.92 Å². The predicted octanol–water partition coefficient (Wildman–Crippen LogP) is 2.85. The van der Waals surface area contributed by atoms with Crippen LogP contribution in [0.5, 0.6) is 0 Å². The molecule has 1 aliphatic rings. The van der Waals surface area contributed by atoms with Crippen LogP contribution < -0.4 is 5.32 Å². The van der Waals surface area contributed by atoms with Gasteiger partial charge in [-0.25, -0.2) is 0 Å². The maximum Gasteiger partial charge on any atom is 0.225 e. The van der Waals surface area contributed by atoms with Crippen LogP contribution in [-0.4, -0.2) is 17.6 Å². The minimum Gasteiger partial charge on any atom is -0.345 e. The summed E-state index contributed by atoms with van der Waals surface area (Å²) < 4.78 is 5.49. The van der Waals surface area contributed by atoms with Crippen LogP contribution >= 0.6 is 12.6 Å². The van der Waals surface area contributed by atoms with Crippen LogP contribution in [0.3, 0.4) is 0 Å². The summed E-state index contributed by atoms with van der Waals surface area (Å²) >= 11 is 3.70. The Hall–Kier alpha value is -1.33. The number of hydrogen-bond donors (Lipinski definition) is 2. The van der Waals surface area contributed by atoms with Gasteiger partial charge >= 0.3 is 0 Å². The van der Waals surface area contributed by atoms with Gasteiger partial charge in [0.1, 0.15) is 6.61 Å². The Labute approximate surface area is 130 Å². The number of hydrogen-bond acceptors (Lipinski definition) is 3. The van der Waals surface area contributed by atoms with E-state index < -0.39 is 6.23 Å². The van der Waals surface area contributed by atoms with Crippen molar-refractivity contribution in [1.29, 1.82) is 0 Å². The molecular weight excluding hydrogens is 286 g/mol. The highest BCUT2D eigenvalue weighted by molar-refractivity contribution is 7.96. The van der Waals surface area contributed by atoms with Gasteiger partial charge in [-0.3, -0.25) is 9.59 Å². The maximum absolute atomic E-state index is 12.3. The van der Waals surface area contributed by atoms with Gasteiger partial charge in [-0.05, 0) is 12.8 Å². The zero-order valence-corrected chi connectivity index (χ0v) is 12.9. The number of carbonyl (C=O) groups excluding carboxylic acids is 2. The number of thiol groups is 1. The van der Waals surface area contributed by atoms with Gasteiger partial charge in [0.25, 0.3) is 0 Å². The van der Waals surface area contributed by atoms with Gasteiger partial charge in [0, 0.05) is 11.5 Å². The molecule has 21 heavy (non-hydrogen) atoms. The molecule has 5 heteroatoms. The molecule has 1 saturated carbocycles. The molecule has 1 aromatic carbocycles. The molecular formula is C16H21NO3S. The molecule has 4 nitrogen and oxygen atoms in total. The molecule has 2 rings (SSSR count). The van der Waals surface area contributed by atoms with Crippen molar-refractivity contribution in [2.24, 2.45) is 5.92 Å². The lowest BCUT2D eigenvalue weighted by molar-refractivity contribution is -0.132. The van der Waals surface area contributed by atoms with Gasteiger partial charge < -0.3 is 10.1 Å². The van der Waals surface area contributed by atoms with Gasteiger partial charge in [0.15, 0.2) is 6.23 Å². The number of carbonyl (C=O) groups is 2. The second kappa shape index (κ2) is 8.20. The monoisotopic (exact) mass is 307 g/mol. The first-order valence-electron chi connectivity index (χ1n) is 7.35. The van der Waals surface area contributed by atoms with E-state index in [-0.39, 0.29) is 23.5 Å². The van der Waals surface area contributed by atoms with Crippen molar-refractivity contribution in [3.8, 4) is 0 Å². The fourth-order valence-electron chi connectivity index (χ4n) is 2.62. The number of ether oxygens (including phenoxy) is 1. The second-order valence-corrected chi connectivity index (χ2v) is 5.84. The number of nitrogens with one attached hydrogen (secondary N) is 1. The molecule has 0 spiro atoms. The molecule has 1 atom stereocenters. The summed E-state index contributed by atoms with van der Waals surface area (Å²) in [6, 6.07) is 9.39. The maximum atomic E-state index is 12.3. The van der Waals surface area contributed by atoms with Crippen molar-refractivity contribution in [3.63, 3.8) is 0 Å². The highest BCUT2D eigenvalue weighted by Gasteiger charge is 2.24. The van der Waals surface area contributed by atoms with Crippen LogP contribution in [0.4, 0.5) is 0 Å². The zero-order valence-electron chi connectivity index (χ0n) is 12.0. The third-order valence-corrected chi connectivity index (χ3v) is 3.85. The lowest BCUT2D eigenvalue weighted by Gasteiger charge is -2.25. The van der Waals surface area contributed by atoms with Crippen molar-refractivity contribution >= 4 is 23.7 Å². The lowest BCUT2D eigenvalue weighted by Crippen LogP contribution is -2.36. The highest BCUT2D eigenvalue weighted by atomic mass is 32.1. The summed E-state index contributed by atoms with van der Waals surface area (Å²) in [6.07, 6.45) is 4.67. The summed E-state index contributed by atoms with van der Waals surface area (Å²) in [4.78, 5) is 23.3. The summed E-state index contributed by atoms with van der Waals surface area (Å²) in [5.74, 6) is 0.0652. The van der Waals surface area contributed by atoms with Gasteiger partial charge in [-0.1, -0.05) is 49.6 Å². The van der Waals surface area contributed by atoms with Crippen LogP contribution in [0.2, 0.25) is 0 Å². The first kappa shape index (κ1) is 16.0. The van der Waals surface area contributed by atoms with Crippen molar-refractivity contribution in [2.45, 2.75) is 38.3 Å². The highest BCUT2D eigenvalue weighted by Crippen LogP contribution is 2.25. The minimum atomic E-state index is -0.600. The Balaban J connectivity index is 2.00. The Morgan fingerprint density at radius 3 is 2.48 bits per heavy atom. The molecule has 0 aromatic heterocycles. The molecule has 1 amide bonds. The summed E-state index contributed by atoms with van der Waals surface area (Å²) in [7, 11) is 0. The molecule has 1 aliphatic carbocycles. The molecule has 1 fully saturated rings. The molecule has 0 radical (unpaired) electrons. The van der Waals surface area contributed by atoms with E-state index >= 15 is 0 Å². The fourth-order valence-corrected chi connectivity index (χ4v) is 2.69. The van der Waals surface area contributed by atoms with Crippen LogP contribution in [0.1, 0.15) is 43.9 Å². The molecule has 1 N–H and O–H groups in total. The van der Waals surface area contributed by atoms with E-state index in [2.05, 4.69) is 17.9 Å². The van der Waals surface area contributed by atoms with E-state index in [0.717, 1.165) is 31.2 Å². The van der Waals surface area contributed by atoms with Gasteiger partial charge in [-0.2, -0.15) is 0 Å². The summed E-state index contributed by atoms with van der Waals surface area (Å²) in [5.41, 5.74) is 0.830. The second-order valence-electron chi connectivity index (χ2n) is 5.34. The largest absolute Gasteiger partial charge is 0.345 e. The van der Waals surface area contributed by atoms with Crippen molar-refractivity contribution in [2.75, 3.05) is 6.61 Å². The molecule has 1 aromatic rings. The van der Waals surface area contributed by atoms with E-state index in [0.29, 0.717) is 0 Å². The average molecular weight is 307 g/mol. The van der Waals surface area contributed by atoms with Crippen LogP contribution in [0.25, 0.3) is 0 Å². The summed E-state index contributed by atoms with van der Waals surface area (Å²) in [5, 5.41) is 2.55. The lowest BCUT2D eigenvalue weighted by atomic mass is 9.88.